The van der Waals surface area contributed by atoms with Crippen LogP contribution in [0.4, 0.5) is 0 Å². The van der Waals surface area contributed by atoms with Crippen LogP contribution in [0.5, 0.6) is 5.75 Å². The van der Waals surface area contributed by atoms with Crippen LogP contribution in [0.25, 0.3) is 0 Å². The average molecular weight is 194 g/mol. The molecule has 0 aromatic heterocycles. The third kappa shape index (κ3) is 2.76. The summed E-state index contributed by atoms with van der Waals surface area (Å²) in [5.41, 5.74) is 1.21. The van der Waals surface area contributed by atoms with Gasteiger partial charge in [-0.2, -0.15) is 0 Å². The Balaban J connectivity index is 2.64. The van der Waals surface area contributed by atoms with E-state index in [0.717, 1.165) is 6.42 Å². The van der Waals surface area contributed by atoms with Gasteiger partial charge < -0.3 is 9.84 Å². The third-order valence-corrected chi connectivity index (χ3v) is 1.99. The molecule has 0 aliphatic heterocycles. The molecule has 0 saturated carbocycles. The van der Waals surface area contributed by atoms with E-state index in [1.165, 1.54) is 12.5 Å². The average Bonchev–Trinajstić information content (AvgIpc) is 2.19. The molecule has 0 radical (unpaired) electrons. The lowest BCUT2D eigenvalue weighted by Crippen LogP contribution is -2.22. The summed E-state index contributed by atoms with van der Waals surface area (Å²) < 4.78 is 5.18. The van der Waals surface area contributed by atoms with Crippen LogP contribution in [-0.2, 0) is 11.2 Å². The normalized spacial score (nSPS) is 12.1. The number of benzene rings is 1. The van der Waals surface area contributed by atoms with Gasteiger partial charge in [0.05, 0.1) is 0 Å². The fraction of sp³-hybridized carbons (Fsp3) is 0.364. The highest BCUT2D eigenvalue weighted by Crippen LogP contribution is 2.14. The molecule has 0 spiro atoms. The number of hydrogen-bond donors (Lipinski definition) is 1. The summed E-state index contributed by atoms with van der Waals surface area (Å²) in [6.45, 7) is 3.58. The van der Waals surface area contributed by atoms with Crippen molar-refractivity contribution in [3.63, 3.8) is 0 Å². The number of aryl methyl sites for hydroxylation is 1. The molecule has 14 heavy (non-hydrogen) atoms. The highest BCUT2D eigenvalue weighted by Gasteiger charge is 2.11. The molecule has 1 aromatic carbocycles. The summed E-state index contributed by atoms with van der Waals surface area (Å²) in [5, 5.41) is 8.62. The zero-order valence-electron chi connectivity index (χ0n) is 8.36. The Morgan fingerprint density at radius 1 is 1.43 bits per heavy atom. The number of ether oxygens (including phenoxy) is 1. The molecule has 0 bridgehead atoms. The molecule has 0 aliphatic carbocycles. The Labute approximate surface area is 83.3 Å². The summed E-state index contributed by atoms with van der Waals surface area (Å²) >= 11 is 0. The topological polar surface area (TPSA) is 46.5 Å². The minimum absolute atomic E-state index is 0.595. The van der Waals surface area contributed by atoms with Crippen molar-refractivity contribution in [2.24, 2.45) is 0 Å². The van der Waals surface area contributed by atoms with Crippen molar-refractivity contribution in [2.75, 3.05) is 0 Å². The molecule has 0 unspecified atom stereocenters. The first-order chi connectivity index (χ1) is 6.63. The van der Waals surface area contributed by atoms with Gasteiger partial charge in [0.25, 0.3) is 0 Å². The van der Waals surface area contributed by atoms with Gasteiger partial charge in [0.1, 0.15) is 5.75 Å². The Bertz CT molecular complexity index is 303. The minimum atomic E-state index is -0.954. The molecular formula is C11H14O3. The third-order valence-electron chi connectivity index (χ3n) is 1.99. The van der Waals surface area contributed by atoms with Crippen LogP contribution < -0.4 is 4.74 Å². The van der Waals surface area contributed by atoms with Gasteiger partial charge in [-0.05, 0) is 31.0 Å². The Kier molecular flexibility index (Phi) is 3.51. The van der Waals surface area contributed by atoms with Crippen molar-refractivity contribution in [3.8, 4) is 5.75 Å². The van der Waals surface area contributed by atoms with Crippen LogP contribution in [0, 0.1) is 0 Å². The van der Waals surface area contributed by atoms with Crippen LogP contribution in [0.1, 0.15) is 19.4 Å². The standard InChI is InChI=1S/C11H14O3/c1-3-9-4-6-10(7-5-9)14-8(2)11(12)13/h4-8H,3H2,1-2H3,(H,12,13)/t8-/m1/s1. The van der Waals surface area contributed by atoms with E-state index in [2.05, 4.69) is 6.92 Å². The van der Waals surface area contributed by atoms with Gasteiger partial charge in [-0.25, -0.2) is 4.79 Å². The lowest BCUT2D eigenvalue weighted by atomic mass is 10.2. The van der Waals surface area contributed by atoms with Crippen molar-refractivity contribution < 1.29 is 14.6 Å². The molecule has 1 atom stereocenters. The van der Waals surface area contributed by atoms with Gasteiger partial charge in [0.15, 0.2) is 6.10 Å². The molecule has 1 rings (SSSR count). The Hall–Kier alpha value is -1.51. The molecule has 1 aromatic rings. The van der Waals surface area contributed by atoms with Crippen LogP contribution in [0.3, 0.4) is 0 Å². The van der Waals surface area contributed by atoms with E-state index in [0.29, 0.717) is 5.75 Å². The van der Waals surface area contributed by atoms with Crippen LogP contribution in [0.15, 0.2) is 24.3 Å². The lowest BCUT2D eigenvalue weighted by Gasteiger charge is -2.10. The second kappa shape index (κ2) is 4.65. The van der Waals surface area contributed by atoms with Gasteiger partial charge in [-0.3, -0.25) is 0 Å². The van der Waals surface area contributed by atoms with Gasteiger partial charge in [0.2, 0.25) is 0 Å². The number of carbonyl (C=O) groups is 1. The van der Waals surface area contributed by atoms with Crippen molar-refractivity contribution in [3.05, 3.63) is 29.8 Å². The number of hydrogen-bond acceptors (Lipinski definition) is 2. The summed E-state index contributed by atoms with van der Waals surface area (Å²) in [6, 6.07) is 7.45. The summed E-state index contributed by atoms with van der Waals surface area (Å²) in [6.07, 6.45) is 0.164. The monoisotopic (exact) mass is 194 g/mol. The maximum Gasteiger partial charge on any atom is 0.344 e. The molecule has 76 valence electrons. The van der Waals surface area contributed by atoms with Gasteiger partial charge in [0, 0.05) is 0 Å². The number of carboxylic acids is 1. The molecule has 0 saturated heterocycles. The first-order valence-electron chi connectivity index (χ1n) is 4.62. The molecule has 3 nitrogen and oxygen atoms in total. The molecule has 1 N–H and O–H groups in total. The van der Waals surface area contributed by atoms with Crippen LogP contribution >= 0.6 is 0 Å². The highest BCUT2D eigenvalue weighted by molar-refractivity contribution is 5.72. The van der Waals surface area contributed by atoms with Gasteiger partial charge in [-0.1, -0.05) is 19.1 Å². The minimum Gasteiger partial charge on any atom is -0.479 e. The number of aliphatic carboxylic acids is 1. The number of carboxylic acid groups (broad SMARTS) is 1. The zero-order valence-corrected chi connectivity index (χ0v) is 8.36. The van der Waals surface area contributed by atoms with Crippen molar-refractivity contribution in [2.45, 2.75) is 26.4 Å². The van der Waals surface area contributed by atoms with Crippen LogP contribution in [-0.4, -0.2) is 17.2 Å². The van der Waals surface area contributed by atoms with Gasteiger partial charge >= 0.3 is 5.97 Å². The lowest BCUT2D eigenvalue weighted by molar-refractivity contribution is -0.144. The first kappa shape index (κ1) is 10.6. The smallest absolute Gasteiger partial charge is 0.344 e. The van der Waals surface area contributed by atoms with Gasteiger partial charge in [-0.15, -0.1) is 0 Å². The number of rotatable bonds is 4. The molecule has 0 aliphatic rings. The maximum absolute atomic E-state index is 10.5. The fourth-order valence-corrected chi connectivity index (χ4v) is 1.06. The van der Waals surface area contributed by atoms with Crippen molar-refractivity contribution in [1.29, 1.82) is 0 Å². The second-order valence-corrected chi connectivity index (χ2v) is 3.10. The Morgan fingerprint density at radius 3 is 2.43 bits per heavy atom. The molecule has 0 amide bonds. The zero-order chi connectivity index (χ0) is 10.6. The van der Waals surface area contributed by atoms with E-state index >= 15 is 0 Å². The van der Waals surface area contributed by atoms with E-state index in [-0.39, 0.29) is 0 Å². The van der Waals surface area contributed by atoms with E-state index in [4.69, 9.17) is 9.84 Å². The van der Waals surface area contributed by atoms with E-state index in [9.17, 15) is 4.79 Å². The highest BCUT2D eigenvalue weighted by atomic mass is 16.5. The van der Waals surface area contributed by atoms with E-state index in [1.54, 1.807) is 12.1 Å². The largest absolute Gasteiger partial charge is 0.479 e. The molecule has 0 fully saturated rings. The Morgan fingerprint density at radius 2 is 2.00 bits per heavy atom. The fourth-order valence-electron chi connectivity index (χ4n) is 1.06. The van der Waals surface area contributed by atoms with Crippen LogP contribution in [0.2, 0.25) is 0 Å². The molecule has 3 heteroatoms. The van der Waals surface area contributed by atoms with E-state index in [1.807, 2.05) is 12.1 Å². The summed E-state index contributed by atoms with van der Waals surface area (Å²) in [5.74, 6) is -0.360. The van der Waals surface area contributed by atoms with Crippen molar-refractivity contribution in [1.82, 2.24) is 0 Å². The quantitative estimate of drug-likeness (QED) is 0.798. The summed E-state index contributed by atoms with van der Waals surface area (Å²) in [7, 11) is 0. The molecule has 0 heterocycles. The molecular weight excluding hydrogens is 180 g/mol. The predicted octanol–water partition coefficient (Wildman–Crippen LogP) is 2.10. The first-order valence-corrected chi connectivity index (χ1v) is 4.62. The van der Waals surface area contributed by atoms with Crippen molar-refractivity contribution >= 4 is 5.97 Å². The second-order valence-electron chi connectivity index (χ2n) is 3.10. The summed E-state index contributed by atoms with van der Waals surface area (Å²) in [4.78, 5) is 10.5. The predicted molar refractivity (Wildman–Crippen MR) is 53.5 cm³/mol. The SMILES string of the molecule is CCc1ccc(O[C@H](C)C(=O)O)cc1. The van der Waals surface area contributed by atoms with E-state index < -0.39 is 12.1 Å². The maximum atomic E-state index is 10.5.